The first kappa shape index (κ1) is 12.0. The molecule has 14 heavy (non-hydrogen) atoms. The van der Waals surface area contributed by atoms with Gasteiger partial charge in [-0.3, -0.25) is 0 Å². The van der Waals surface area contributed by atoms with Gasteiger partial charge >= 0.3 is 0 Å². The summed E-state index contributed by atoms with van der Waals surface area (Å²) < 4.78 is 0. The Bertz CT molecular complexity index is 166. The molecule has 0 aromatic rings. The highest BCUT2D eigenvalue weighted by Gasteiger charge is 2.23. The molecule has 0 spiro atoms. The van der Waals surface area contributed by atoms with Crippen molar-refractivity contribution in [3.05, 3.63) is 0 Å². The van der Waals surface area contributed by atoms with Gasteiger partial charge in [0.1, 0.15) is 0 Å². The average Bonchev–Trinajstić information content (AvgIpc) is 2.17. The Labute approximate surface area is 88.6 Å². The highest BCUT2D eigenvalue weighted by atomic mass is 15.0. The predicted molar refractivity (Wildman–Crippen MR) is 62.3 cm³/mol. The largest absolute Gasteiger partial charge is 0.326 e. The fourth-order valence-corrected chi connectivity index (χ4v) is 1.95. The van der Waals surface area contributed by atoms with Gasteiger partial charge in [0.15, 0.2) is 0 Å². The van der Waals surface area contributed by atoms with Crippen molar-refractivity contribution in [2.75, 3.05) is 6.54 Å². The van der Waals surface area contributed by atoms with Crippen LogP contribution in [-0.2, 0) is 0 Å². The smallest absolute Gasteiger partial charge is 0.0219 e. The molecule has 84 valence electrons. The topological polar surface area (TPSA) is 38.0 Å². The summed E-state index contributed by atoms with van der Waals surface area (Å²) in [5.41, 5.74) is 6.50. The third kappa shape index (κ3) is 3.58. The number of nitrogens with one attached hydrogen (secondary N) is 1. The molecule has 1 saturated carbocycles. The molecule has 2 unspecified atom stereocenters. The van der Waals surface area contributed by atoms with E-state index in [-0.39, 0.29) is 0 Å². The van der Waals surface area contributed by atoms with Crippen LogP contribution in [0.4, 0.5) is 0 Å². The molecule has 0 aliphatic heterocycles. The van der Waals surface area contributed by atoms with Crippen LogP contribution in [0.3, 0.4) is 0 Å². The van der Waals surface area contributed by atoms with E-state index >= 15 is 0 Å². The lowest BCUT2D eigenvalue weighted by Gasteiger charge is -2.33. The first-order valence-corrected chi connectivity index (χ1v) is 6.04. The summed E-state index contributed by atoms with van der Waals surface area (Å²) in [6, 6.07) is 0.950. The predicted octanol–water partition coefficient (Wildman–Crippen LogP) is 2.28. The molecule has 1 aliphatic rings. The van der Waals surface area contributed by atoms with Crippen LogP contribution in [0.15, 0.2) is 0 Å². The molecule has 0 aromatic carbocycles. The van der Waals surface area contributed by atoms with Crippen LogP contribution in [0, 0.1) is 5.41 Å². The van der Waals surface area contributed by atoms with Crippen molar-refractivity contribution in [1.82, 2.24) is 5.32 Å². The van der Waals surface area contributed by atoms with E-state index in [9.17, 15) is 0 Å². The number of rotatable bonds is 4. The Morgan fingerprint density at radius 2 is 1.93 bits per heavy atom. The molecule has 2 heteroatoms. The maximum Gasteiger partial charge on any atom is 0.0219 e. The summed E-state index contributed by atoms with van der Waals surface area (Å²) in [4.78, 5) is 0. The number of nitrogens with two attached hydrogens (primary N) is 1. The quantitative estimate of drug-likeness (QED) is 0.727. The van der Waals surface area contributed by atoms with E-state index in [0.717, 1.165) is 6.54 Å². The van der Waals surface area contributed by atoms with E-state index in [2.05, 4.69) is 26.1 Å². The highest BCUT2D eigenvalue weighted by Crippen LogP contribution is 2.21. The van der Waals surface area contributed by atoms with Gasteiger partial charge in [-0.25, -0.2) is 0 Å². The molecule has 1 rings (SSSR count). The first-order chi connectivity index (χ1) is 6.55. The van der Waals surface area contributed by atoms with Gasteiger partial charge in [0, 0.05) is 18.6 Å². The fourth-order valence-electron chi connectivity index (χ4n) is 1.95. The van der Waals surface area contributed by atoms with Gasteiger partial charge in [0.2, 0.25) is 0 Å². The van der Waals surface area contributed by atoms with Crippen LogP contribution < -0.4 is 11.1 Å². The van der Waals surface area contributed by atoms with E-state index in [1.54, 1.807) is 0 Å². The summed E-state index contributed by atoms with van der Waals surface area (Å²) >= 11 is 0. The fraction of sp³-hybridized carbons (Fsp3) is 1.00. The van der Waals surface area contributed by atoms with Crippen molar-refractivity contribution in [3.63, 3.8) is 0 Å². The number of hydrogen-bond donors (Lipinski definition) is 2. The maximum absolute atomic E-state index is 6.09. The molecule has 3 N–H and O–H groups in total. The normalized spacial score (nSPS) is 29.1. The van der Waals surface area contributed by atoms with Crippen molar-refractivity contribution < 1.29 is 0 Å². The highest BCUT2D eigenvalue weighted by molar-refractivity contribution is 4.85. The lowest BCUT2D eigenvalue weighted by molar-refractivity contribution is 0.263. The molecule has 0 saturated heterocycles. The minimum Gasteiger partial charge on any atom is -0.326 e. The van der Waals surface area contributed by atoms with Gasteiger partial charge in [-0.05, 0) is 24.7 Å². The minimum atomic E-state index is 0.386. The summed E-state index contributed by atoms with van der Waals surface area (Å²) in [6.07, 6.45) is 6.35. The van der Waals surface area contributed by atoms with E-state index in [4.69, 9.17) is 5.73 Å². The van der Waals surface area contributed by atoms with Gasteiger partial charge in [0.25, 0.3) is 0 Å². The molecule has 1 aliphatic carbocycles. The van der Waals surface area contributed by atoms with Gasteiger partial charge in [-0.1, -0.05) is 33.6 Å². The van der Waals surface area contributed by atoms with Gasteiger partial charge in [-0.2, -0.15) is 0 Å². The second-order valence-electron chi connectivity index (χ2n) is 5.45. The van der Waals surface area contributed by atoms with Gasteiger partial charge < -0.3 is 11.1 Å². The monoisotopic (exact) mass is 198 g/mol. The van der Waals surface area contributed by atoms with Crippen LogP contribution >= 0.6 is 0 Å². The average molecular weight is 198 g/mol. The lowest BCUT2D eigenvalue weighted by atomic mass is 9.87. The molecule has 2 atom stereocenters. The van der Waals surface area contributed by atoms with E-state index < -0.39 is 0 Å². The lowest BCUT2D eigenvalue weighted by Crippen LogP contribution is -2.49. The zero-order valence-electron chi connectivity index (χ0n) is 9.97. The molecule has 0 aromatic heterocycles. The molecular weight excluding hydrogens is 172 g/mol. The van der Waals surface area contributed by atoms with Crippen LogP contribution in [-0.4, -0.2) is 18.6 Å². The van der Waals surface area contributed by atoms with Gasteiger partial charge in [0.05, 0.1) is 0 Å². The van der Waals surface area contributed by atoms with Crippen LogP contribution in [0.2, 0.25) is 0 Å². The summed E-state index contributed by atoms with van der Waals surface area (Å²) in [7, 11) is 0. The first-order valence-electron chi connectivity index (χ1n) is 6.04. The van der Waals surface area contributed by atoms with Crippen molar-refractivity contribution in [1.29, 1.82) is 0 Å². The van der Waals surface area contributed by atoms with Crippen molar-refractivity contribution >= 4 is 0 Å². The van der Waals surface area contributed by atoms with Crippen molar-refractivity contribution in [3.8, 4) is 0 Å². The molecule has 0 amide bonds. The Hall–Kier alpha value is -0.0800. The molecule has 1 fully saturated rings. The molecular formula is C12H26N2. The zero-order chi connectivity index (χ0) is 10.6. The van der Waals surface area contributed by atoms with Crippen LogP contribution in [0.25, 0.3) is 0 Å². The molecule has 2 nitrogen and oxygen atoms in total. The molecule has 0 radical (unpaired) electrons. The second-order valence-corrected chi connectivity index (χ2v) is 5.45. The third-order valence-electron chi connectivity index (χ3n) is 3.62. The molecule has 0 heterocycles. The van der Waals surface area contributed by atoms with E-state index in [0.29, 0.717) is 17.5 Å². The number of hydrogen-bond acceptors (Lipinski definition) is 2. The van der Waals surface area contributed by atoms with Crippen molar-refractivity contribution in [2.45, 2.75) is 65.0 Å². The minimum absolute atomic E-state index is 0.386. The Morgan fingerprint density at radius 1 is 1.29 bits per heavy atom. The van der Waals surface area contributed by atoms with Crippen LogP contribution in [0.1, 0.15) is 52.9 Å². The standard InChI is InChI=1S/C12H26N2/c1-4-12(2,3)9-14-11-8-6-5-7-10(11)13/h10-11,14H,4-9,13H2,1-3H3. The van der Waals surface area contributed by atoms with Crippen molar-refractivity contribution in [2.24, 2.45) is 11.1 Å². The molecule has 0 bridgehead atoms. The van der Waals surface area contributed by atoms with E-state index in [1.165, 1.54) is 32.1 Å². The van der Waals surface area contributed by atoms with Gasteiger partial charge in [-0.15, -0.1) is 0 Å². The Morgan fingerprint density at radius 3 is 2.50 bits per heavy atom. The second kappa shape index (κ2) is 5.13. The maximum atomic E-state index is 6.09. The third-order valence-corrected chi connectivity index (χ3v) is 3.62. The van der Waals surface area contributed by atoms with Crippen LogP contribution in [0.5, 0.6) is 0 Å². The Balaban J connectivity index is 2.29. The zero-order valence-corrected chi connectivity index (χ0v) is 9.97. The summed E-state index contributed by atoms with van der Waals surface area (Å²) in [6.45, 7) is 7.98. The summed E-state index contributed by atoms with van der Waals surface area (Å²) in [5, 5.41) is 3.64. The SMILES string of the molecule is CCC(C)(C)CNC1CCCCC1N. The Kier molecular flexibility index (Phi) is 4.39. The summed E-state index contributed by atoms with van der Waals surface area (Å²) in [5.74, 6) is 0. The van der Waals surface area contributed by atoms with E-state index in [1.807, 2.05) is 0 Å².